The van der Waals surface area contributed by atoms with E-state index in [-0.39, 0.29) is 11.2 Å². The van der Waals surface area contributed by atoms with Crippen molar-refractivity contribution in [1.29, 1.82) is 0 Å². The van der Waals surface area contributed by atoms with Gasteiger partial charge in [-0.15, -0.1) is 0 Å². The van der Waals surface area contributed by atoms with E-state index in [9.17, 15) is 4.79 Å². The van der Waals surface area contributed by atoms with Crippen molar-refractivity contribution in [3.63, 3.8) is 0 Å². The summed E-state index contributed by atoms with van der Waals surface area (Å²) >= 11 is 0. The molecule has 17 heavy (non-hydrogen) atoms. The minimum atomic E-state index is -0.106. The molecular weight excluding hydrogens is 213 g/mol. The molecule has 0 radical (unpaired) electrons. The number of rotatable bonds is 3. The van der Waals surface area contributed by atoms with Crippen LogP contribution >= 0.6 is 0 Å². The van der Waals surface area contributed by atoms with E-state index in [2.05, 4.69) is 10.5 Å². The maximum Gasteiger partial charge on any atom is 0.238 e. The summed E-state index contributed by atoms with van der Waals surface area (Å²) in [7, 11) is 4.87. The van der Waals surface area contributed by atoms with Crippen molar-refractivity contribution in [2.75, 3.05) is 14.1 Å². The highest BCUT2D eigenvalue weighted by Crippen LogP contribution is 2.52. The lowest BCUT2D eigenvalue weighted by atomic mass is 9.49. The van der Waals surface area contributed by atoms with Gasteiger partial charge in [-0.3, -0.25) is 4.79 Å². The number of fused-ring (bicyclic) bond motifs is 2. The second-order valence-corrected chi connectivity index (χ2v) is 5.78. The quantitative estimate of drug-likeness (QED) is 0.347. The number of nitrogens with one attached hydrogen (secondary N) is 1. The summed E-state index contributed by atoms with van der Waals surface area (Å²) in [6.07, 6.45) is 8.77. The van der Waals surface area contributed by atoms with E-state index in [1.54, 1.807) is 6.34 Å². The molecular formula is C12H22BN3O. The predicted molar refractivity (Wildman–Crippen MR) is 71.6 cm³/mol. The molecule has 2 unspecified atom stereocenters. The number of carbonyl (C=O) groups is 1. The number of hydrogen-bond acceptors (Lipinski definition) is 2. The van der Waals surface area contributed by atoms with Crippen molar-refractivity contribution in [3.05, 3.63) is 0 Å². The molecule has 2 aliphatic rings. The molecule has 1 N–H and O–H groups in total. The molecule has 0 aliphatic carbocycles. The van der Waals surface area contributed by atoms with Gasteiger partial charge in [-0.05, 0) is 12.8 Å². The Hall–Kier alpha value is -0.995. The van der Waals surface area contributed by atoms with Crippen molar-refractivity contribution in [2.24, 2.45) is 5.10 Å². The normalized spacial score (nSPS) is 32.0. The van der Waals surface area contributed by atoms with E-state index >= 15 is 0 Å². The average molecular weight is 235 g/mol. The van der Waals surface area contributed by atoms with Crippen molar-refractivity contribution in [3.8, 4) is 0 Å². The molecule has 4 nitrogen and oxygen atoms in total. The minimum Gasteiger partial charge on any atom is -0.367 e. The van der Waals surface area contributed by atoms with Gasteiger partial charge in [-0.25, -0.2) is 5.43 Å². The van der Waals surface area contributed by atoms with Crippen molar-refractivity contribution >= 4 is 19.5 Å². The molecule has 2 fully saturated rings. The van der Waals surface area contributed by atoms with Crippen LogP contribution in [-0.2, 0) is 4.79 Å². The molecule has 0 aromatic heterocycles. The molecule has 2 aliphatic heterocycles. The molecule has 2 heterocycles. The number of amides is 1. The highest BCUT2D eigenvalue weighted by Gasteiger charge is 2.46. The maximum absolute atomic E-state index is 12.3. The largest absolute Gasteiger partial charge is 0.367 e. The molecule has 0 saturated carbocycles. The fourth-order valence-corrected chi connectivity index (χ4v) is 3.25. The van der Waals surface area contributed by atoms with E-state index in [1.807, 2.05) is 19.0 Å². The SMILES string of the molecule is CN(C)/C=N/NC(=O)C12BC(CCCC1)CC2. The summed E-state index contributed by atoms with van der Waals surface area (Å²) in [5.41, 5.74) is 2.72. The minimum absolute atomic E-state index is 0.106. The van der Waals surface area contributed by atoms with Gasteiger partial charge in [0.2, 0.25) is 5.91 Å². The van der Waals surface area contributed by atoms with Crippen LogP contribution in [0.2, 0.25) is 11.1 Å². The van der Waals surface area contributed by atoms with Gasteiger partial charge in [0.1, 0.15) is 13.6 Å². The standard InChI is InChI=1S/C12H22BN3O/c1-16(2)9-14-15-11(17)12-7-4-3-5-10(13-12)6-8-12/h9-10,13H,3-8H2,1-2H3,(H,15,17)/b14-9+. The second kappa shape index (κ2) is 5.11. The summed E-state index contributed by atoms with van der Waals surface area (Å²) in [5, 5.41) is 3.88. The van der Waals surface area contributed by atoms with Crippen LogP contribution in [0.3, 0.4) is 0 Å². The molecule has 0 spiro atoms. The Morgan fingerprint density at radius 2 is 2.24 bits per heavy atom. The Balaban J connectivity index is 1.97. The maximum atomic E-state index is 12.3. The van der Waals surface area contributed by atoms with Gasteiger partial charge < -0.3 is 4.90 Å². The summed E-state index contributed by atoms with van der Waals surface area (Å²) in [4.78, 5) is 14.1. The van der Waals surface area contributed by atoms with Gasteiger partial charge in [0.05, 0.1) is 0 Å². The number of nitrogens with zero attached hydrogens (tertiary/aromatic N) is 2. The second-order valence-electron chi connectivity index (χ2n) is 5.78. The van der Waals surface area contributed by atoms with Crippen LogP contribution in [-0.4, -0.2) is 38.5 Å². The van der Waals surface area contributed by atoms with Gasteiger partial charge in [-0.1, -0.05) is 31.5 Å². The van der Waals surface area contributed by atoms with Gasteiger partial charge in [0.25, 0.3) is 0 Å². The fraction of sp³-hybridized carbons (Fsp3) is 0.833. The van der Waals surface area contributed by atoms with Crippen LogP contribution in [0.4, 0.5) is 0 Å². The summed E-state index contributed by atoms with van der Waals surface area (Å²) < 4.78 is 0. The van der Waals surface area contributed by atoms with Crippen LogP contribution in [0.25, 0.3) is 0 Å². The zero-order valence-corrected chi connectivity index (χ0v) is 10.9. The Bertz CT molecular complexity index is 319. The van der Waals surface area contributed by atoms with E-state index in [4.69, 9.17) is 0 Å². The fourth-order valence-electron chi connectivity index (χ4n) is 3.25. The zero-order chi connectivity index (χ0) is 12.3. The molecule has 2 atom stereocenters. The van der Waals surface area contributed by atoms with Crippen LogP contribution in [0.1, 0.15) is 38.5 Å². The number of hydrazone groups is 1. The van der Waals surface area contributed by atoms with E-state index < -0.39 is 0 Å². The van der Waals surface area contributed by atoms with Crippen LogP contribution in [0, 0.1) is 0 Å². The molecule has 2 saturated heterocycles. The Morgan fingerprint density at radius 3 is 3.00 bits per heavy atom. The first kappa shape index (κ1) is 12.5. The smallest absolute Gasteiger partial charge is 0.238 e. The van der Waals surface area contributed by atoms with Crippen LogP contribution in [0.5, 0.6) is 0 Å². The lowest BCUT2D eigenvalue weighted by Gasteiger charge is -2.25. The van der Waals surface area contributed by atoms with Gasteiger partial charge in [0, 0.05) is 19.4 Å². The van der Waals surface area contributed by atoms with Crippen molar-refractivity contribution in [2.45, 2.75) is 49.7 Å². The van der Waals surface area contributed by atoms with Crippen molar-refractivity contribution < 1.29 is 4.79 Å². The Morgan fingerprint density at radius 1 is 1.41 bits per heavy atom. The third-order valence-electron chi connectivity index (χ3n) is 4.16. The lowest BCUT2D eigenvalue weighted by Crippen LogP contribution is -2.35. The first-order chi connectivity index (χ1) is 8.12. The third-order valence-corrected chi connectivity index (χ3v) is 4.16. The van der Waals surface area contributed by atoms with Gasteiger partial charge in [0.15, 0.2) is 0 Å². The van der Waals surface area contributed by atoms with Crippen LogP contribution < -0.4 is 5.43 Å². The molecule has 2 bridgehead atoms. The summed E-state index contributed by atoms with van der Waals surface area (Å²) in [5.74, 6) is 0.918. The highest BCUT2D eigenvalue weighted by atomic mass is 16.2. The van der Waals surface area contributed by atoms with E-state index in [0.29, 0.717) is 0 Å². The molecule has 94 valence electrons. The Labute approximate surface area is 104 Å². The molecule has 1 amide bonds. The number of carbonyl (C=O) groups excluding carboxylic acids is 1. The first-order valence-electron chi connectivity index (χ1n) is 6.62. The highest BCUT2D eigenvalue weighted by molar-refractivity contribution is 6.50. The lowest BCUT2D eigenvalue weighted by molar-refractivity contribution is -0.124. The summed E-state index contributed by atoms with van der Waals surface area (Å²) in [6.45, 7) is 0. The van der Waals surface area contributed by atoms with Gasteiger partial charge in [-0.2, -0.15) is 5.10 Å². The molecule has 5 heteroatoms. The first-order valence-corrected chi connectivity index (χ1v) is 6.62. The van der Waals surface area contributed by atoms with E-state index in [0.717, 1.165) is 25.9 Å². The van der Waals surface area contributed by atoms with Gasteiger partial charge >= 0.3 is 0 Å². The zero-order valence-electron chi connectivity index (χ0n) is 10.9. The molecule has 0 aromatic carbocycles. The molecule has 2 rings (SSSR count). The van der Waals surface area contributed by atoms with Crippen molar-refractivity contribution in [1.82, 2.24) is 10.3 Å². The molecule has 0 aromatic rings. The predicted octanol–water partition coefficient (Wildman–Crippen LogP) is 1.36. The third kappa shape index (κ3) is 2.82. The monoisotopic (exact) mass is 235 g/mol. The topological polar surface area (TPSA) is 44.7 Å². The summed E-state index contributed by atoms with van der Waals surface area (Å²) in [6, 6.07) is 0. The average Bonchev–Trinajstić information content (AvgIpc) is 2.54. The van der Waals surface area contributed by atoms with Crippen LogP contribution in [0.15, 0.2) is 5.10 Å². The van der Waals surface area contributed by atoms with E-state index in [1.165, 1.54) is 25.7 Å². The number of hydrogen-bond donors (Lipinski definition) is 1. The Kier molecular flexibility index (Phi) is 3.74.